The molecule has 0 spiro atoms. The van der Waals surface area contributed by atoms with Crippen molar-refractivity contribution in [3.05, 3.63) is 66.7 Å². The predicted molar refractivity (Wildman–Crippen MR) is 129 cm³/mol. The molecule has 3 aromatic rings. The molecule has 0 aliphatic carbocycles. The first-order chi connectivity index (χ1) is 15.3. The fraction of sp³-hybridized carbons (Fsp3) is 0.407. The van der Waals surface area contributed by atoms with Crippen molar-refractivity contribution >= 4 is 16.5 Å². The van der Waals surface area contributed by atoms with Crippen LogP contribution in [-0.4, -0.2) is 46.4 Å². The molecule has 3 aromatic carbocycles. The SMILES string of the molecule is COc1ccccc1N1CC[NH+](CCCCCCOc2cccc3ccccc23)CC1. The van der Waals surface area contributed by atoms with Crippen LogP contribution < -0.4 is 19.3 Å². The third-order valence-electron chi connectivity index (χ3n) is 6.33. The Hall–Kier alpha value is -2.72. The topological polar surface area (TPSA) is 26.1 Å². The smallest absolute Gasteiger partial charge is 0.142 e. The Balaban J connectivity index is 1.10. The first-order valence-electron chi connectivity index (χ1n) is 11.7. The van der Waals surface area contributed by atoms with Gasteiger partial charge in [0.1, 0.15) is 11.5 Å². The molecule has 31 heavy (non-hydrogen) atoms. The number of hydrogen-bond donors (Lipinski definition) is 1. The number of nitrogens with one attached hydrogen (secondary N) is 1. The summed E-state index contributed by atoms with van der Waals surface area (Å²) in [6, 6.07) is 23.1. The second-order valence-corrected chi connectivity index (χ2v) is 8.40. The zero-order valence-electron chi connectivity index (χ0n) is 18.7. The van der Waals surface area contributed by atoms with Crippen LogP contribution in [0.4, 0.5) is 5.69 Å². The van der Waals surface area contributed by atoms with E-state index in [1.54, 1.807) is 12.0 Å². The van der Waals surface area contributed by atoms with E-state index in [2.05, 4.69) is 65.6 Å². The minimum absolute atomic E-state index is 0.804. The number of anilines is 1. The molecular formula is C27H35N2O2+. The van der Waals surface area contributed by atoms with E-state index >= 15 is 0 Å². The van der Waals surface area contributed by atoms with Crippen LogP contribution in [0.15, 0.2) is 66.7 Å². The van der Waals surface area contributed by atoms with Crippen molar-refractivity contribution in [2.75, 3.05) is 51.3 Å². The zero-order valence-corrected chi connectivity index (χ0v) is 18.7. The second kappa shape index (κ2) is 11.1. The molecule has 0 aromatic heterocycles. The van der Waals surface area contributed by atoms with Gasteiger partial charge in [-0.15, -0.1) is 0 Å². The Labute approximate surface area is 186 Å². The average Bonchev–Trinajstić information content (AvgIpc) is 2.84. The molecule has 4 heteroatoms. The quantitative estimate of drug-likeness (QED) is 0.499. The lowest BCUT2D eigenvalue weighted by Gasteiger charge is -2.34. The van der Waals surface area contributed by atoms with Gasteiger partial charge in [0.05, 0.1) is 52.1 Å². The summed E-state index contributed by atoms with van der Waals surface area (Å²) < 4.78 is 11.6. The van der Waals surface area contributed by atoms with Gasteiger partial charge < -0.3 is 19.3 Å². The number of nitrogens with zero attached hydrogens (tertiary/aromatic N) is 1. The standard InChI is InChI=1S/C27H34N2O2/c1-30-27-15-7-6-14-25(27)29-20-18-28(19-21-29)17-8-2-3-9-22-31-26-16-10-12-23-11-4-5-13-24(23)26/h4-7,10-16H,2-3,8-9,17-22H2,1H3/p+1. The molecule has 1 aliphatic heterocycles. The van der Waals surface area contributed by atoms with Crippen LogP contribution >= 0.6 is 0 Å². The number of methoxy groups -OCH3 is 1. The van der Waals surface area contributed by atoms with Crippen LogP contribution in [0, 0.1) is 0 Å². The molecule has 1 aliphatic rings. The normalized spacial score (nSPS) is 14.7. The van der Waals surface area contributed by atoms with Crippen molar-refractivity contribution in [1.82, 2.24) is 0 Å². The van der Waals surface area contributed by atoms with Crippen molar-refractivity contribution in [2.24, 2.45) is 0 Å². The van der Waals surface area contributed by atoms with E-state index < -0.39 is 0 Å². The zero-order chi connectivity index (χ0) is 21.3. The lowest BCUT2D eigenvalue weighted by molar-refractivity contribution is -0.900. The number of unbranched alkanes of at least 4 members (excludes halogenated alkanes) is 3. The van der Waals surface area contributed by atoms with E-state index in [1.807, 2.05) is 6.07 Å². The summed E-state index contributed by atoms with van der Waals surface area (Å²) in [5.41, 5.74) is 1.23. The molecule has 0 bridgehead atoms. The summed E-state index contributed by atoms with van der Waals surface area (Å²) in [5, 5.41) is 2.45. The van der Waals surface area contributed by atoms with Crippen molar-refractivity contribution in [1.29, 1.82) is 0 Å². The van der Waals surface area contributed by atoms with E-state index in [0.717, 1.165) is 37.6 Å². The summed E-state index contributed by atoms with van der Waals surface area (Å²) in [7, 11) is 1.76. The van der Waals surface area contributed by atoms with Gasteiger partial charge in [0.2, 0.25) is 0 Å². The maximum absolute atomic E-state index is 6.07. The summed E-state index contributed by atoms with van der Waals surface area (Å²) in [5.74, 6) is 1.99. The summed E-state index contributed by atoms with van der Waals surface area (Å²) >= 11 is 0. The molecule has 1 fully saturated rings. The van der Waals surface area contributed by atoms with E-state index in [0.29, 0.717) is 0 Å². The van der Waals surface area contributed by atoms with Crippen LogP contribution in [0.5, 0.6) is 11.5 Å². The first kappa shape index (κ1) is 21.5. The molecular weight excluding hydrogens is 384 g/mol. The molecule has 0 unspecified atom stereocenters. The van der Waals surface area contributed by atoms with Crippen LogP contribution in [0.3, 0.4) is 0 Å². The highest BCUT2D eigenvalue weighted by atomic mass is 16.5. The number of rotatable bonds is 10. The van der Waals surface area contributed by atoms with Gasteiger partial charge in [0.15, 0.2) is 0 Å². The molecule has 0 atom stereocenters. The molecule has 4 rings (SSSR count). The maximum atomic E-state index is 6.07. The fourth-order valence-corrected chi connectivity index (χ4v) is 4.54. The van der Waals surface area contributed by atoms with Crippen molar-refractivity contribution in [3.63, 3.8) is 0 Å². The number of benzene rings is 3. The van der Waals surface area contributed by atoms with Crippen LogP contribution in [0.25, 0.3) is 10.8 Å². The highest BCUT2D eigenvalue weighted by Gasteiger charge is 2.21. The number of para-hydroxylation sites is 2. The molecule has 0 amide bonds. The Morgan fingerprint density at radius 2 is 1.48 bits per heavy atom. The molecule has 4 nitrogen and oxygen atoms in total. The summed E-state index contributed by atoms with van der Waals surface area (Å²) in [6.45, 7) is 6.72. The van der Waals surface area contributed by atoms with E-state index in [9.17, 15) is 0 Å². The molecule has 0 radical (unpaired) electrons. The molecule has 1 heterocycles. The molecule has 1 N–H and O–H groups in total. The number of ether oxygens (including phenoxy) is 2. The summed E-state index contributed by atoms with van der Waals surface area (Å²) in [4.78, 5) is 4.20. The van der Waals surface area contributed by atoms with E-state index in [1.165, 1.54) is 55.4 Å². The Bertz CT molecular complexity index is 945. The van der Waals surface area contributed by atoms with Gasteiger partial charge in [-0.3, -0.25) is 0 Å². The second-order valence-electron chi connectivity index (χ2n) is 8.40. The Morgan fingerprint density at radius 1 is 0.774 bits per heavy atom. The monoisotopic (exact) mass is 419 g/mol. The third kappa shape index (κ3) is 5.71. The number of hydrogen-bond acceptors (Lipinski definition) is 3. The van der Waals surface area contributed by atoms with Crippen molar-refractivity contribution in [2.45, 2.75) is 25.7 Å². The molecule has 164 valence electrons. The fourth-order valence-electron chi connectivity index (χ4n) is 4.54. The van der Waals surface area contributed by atoms with E-state index in [4.69, 9.17) is 9.47 Å². The highest BCUT2D eigenvalue weighted by Crippen LogP contribution is 2.27. The van der Waals surface area contributed by atoms with Gasteiger partial charge in [-0.2, -0.15) is 0 Å². The lowest BCUT2D eigenvalue weighted by atomic mass is 10.1. The van der Waals surface area contributed by atoms with Gasteiger partial charge in [0, 0.05) is 5.39 Å². The minimum Gasteiger partial charge on any atom is -0.495 e. The highest BCUT2D eigenvalue weighted by molar-refractivity contribution is 5.88. The van der Waals surface area contributed by atoms with Gasteiger partial charge in [-0.25, -0.2) is 0 Å². The number of piperazine rings is 1. The molecule has 1 saturated heterocycles. The third-order valence-corrected chi connectivity index (χ3v) is 6.33. The molecule has 0 saturated carbocycles. The number of fused-ring (bicyclic) bond motifs is 1. The van der Waals surface area contributed by atoms with Crippen LogP contribution in [-0.2, 0) is 0 Å². The van der Waals surface area contributed by atoms with Gasteiger partial charge in [-0.1, -0.05) is 48.5 Å². The van der Waals surface area contributed by atoms with Gasteiger partial charge in [0.25, 0.3) is 0 Å². The summed E-state index contributed by atoms with van der Waals surface area (Å²) in [6.07, 6.45) is 4.96. The Morgan fingerprint density at radius 3 is 2.35 bits per heavy atom. The van der Waals surface area contributed by atoms with Crippen LogP contribution in [0.2, 0.25) is 0 Å². The maximum Gasteiger partial charge on any atom is 0.142 e. The van der Waals surface area contributed by atoms with Gasteiger partial charge in [-0.05, 0) is 49.3 Å². The minimum atomic E-state index is 0.804. The Kier molecular flexibility index (Phi) is 7.67. The first-order valence-corrected chi connectivity index (χ1v) is 11.7. The van der Waals surface area contributed by atoms with E-state index in [-0.39, 0.29) is 0 Å². The lowest BCUT2D eigenvalue weighted by Crippen LogP contribution is -3.14. The van der Waals surface area contributed by atoms with Crippen molar-refractivity contribution < 1.29 is 14.4 Å². The number of quaternary nitrogens is 1. The largest absolute Gasteiger partial charge is 0.495 e. The van der Waals surface area contributed by atoms with Crippen LogP contribution in [0.1, 0.15) is 25.7 Å². The average molecular weight is 420 g/mol. The van der Waals surface area contributed by atoms with Crippen molar-refractivity contribution in [3.8, 4) is 11.5 Å². The van der Waals surface area contributed by atoms with Gasteiger partial charge >= 0.3 is 0 Å². The predicted octanol–water partition coefficient (Wildman–Crippen LogP) is 4.19.